The third kappa shape index (κ3) is 3.74. The van der Waals surface area contributed by atoms with E-state index in [2.05, 4.69) is 20.8 Å². The molecule has 0 saturated heterocycles. The molecule has 0 aromatic carbocycles. The largest absolute Gasteiger partial charge is 0.388 e. The molecule has 0 aromatic heterocycles. The molecule has 1 aliphatic carbocycles. The Labute approximate surface area is 93.0 Å². The summed E-state index contributed by atoms with van der Waals surface area (Å²) >= 11 is 0. The third-order valence-corrected chi connectivity index (χ3v) is 3.28. The molecule has 0 heterocycles. The van der Waals surface area contributed by atoms with Crippen LogP contribution in [0.15, 0.2) is 0 Å². The lowest BCUT2D eigenvalue weighted by molar-refractivity contribution is -0.0374. The van der Waals surface area contributed by atoms with Crippen molar-refractivity contribution in [1.29, 1.82) is 0 Å². The van der Waals surface area contributed by atoms with E-state index in [9.17, 15) is 5.11 Å². The second-order valence-electron chi connectivity index (χ2n) is 5.65. The summed E-state index contributed by atoms with van der Waals surface area (Å²) in [6, 6.07) is 0. The molecule has 0 aromatic rings. The van der Waals surface area contributed by atoms with Gasteiger partial charge >= 0.3 is 0 Å². The summed E-state index contributed by atoms with van der Waals surface area (Å²) in [5.41, 5.74) is 4.92. The maximum atomic E-state index is 10.2. The Hall–Kier alpha value is -0.120. The number of hydrogen-bond acceptors (Lipinski definition) is 3. The van der Waals surface area contributed by atoms with Crippen LogP contribution in [-0.2, 0) is 4.74 Å². The van der Waals surface area contributed by atoms with E-state index in [1.165, 1.54) is 0 Å². The Morgan fingerprint density at radius 3 is 2.67 bits per heavy atom. The first-order valence-electron chi connectivity index (χ1n) is 5.94. The van der Waals surface area contributed by atoms with Crippen LogP contribution in [0.4, 0.5) is 0 Å². The molecule has 3 heteroatoms. The standard InChI is InChI=1S/C12H25NO2/c1-11(2,3)15-8-6-10-5-4-7-12(10,14)9-13/h10,14H,4-9,13H2,1-3H3. The molecule has 0 spiro atoms. The second-order valence-corrected chi connectivity index (χ2v) is 5.65. The molecule has 1 saturated carbocycles. The van der Waals surface area contributed by atoms with Crippen molar-refractivity contribution in [3.05, 3.63) is 0 Å². The SMILES string of the molecule is CC(C)(C)OCCC1CCCC1(O)CN. The molecule has 90 valence electrons. The molecule has 2 unspecified atom stereocenters. The summed E-state index contributed by atoms with van der Waals surface area (Å²) in [7, 11) is 0. The molecule has 2 atom stereocenters. The zero-order chi connectivity index (χ0) is 11.5. The lowest BCUT2D eigenvalue weighted by Gasteiger charge is -2.29. The molecule has 0 amide bonds. The van der Waals surface area contributed by atoms with Gasteiger partial charge in [-0.05, 0) is 46.0 Å². The maximum Gasteiger partial charge on any atom is 0.0798 e. The summed E-state index contributed by atoms with van der Waals surface area (Å²) in [5.74, 6) is 0.324. The van der Waals surface area contributed by atoms with E-state index in [0.717, 1.165) is 32.3 Å². The highest BCUT2D eigenvalue weighted by Crippen LogP contribution is 2.37. The second kappa shape index (κ2) is 4.81. The average molecular weight is 215 g/mol. The van der Waals surface area contributed by atoms with E-state index in [1.54, 1.807) is 0 Å². The molecule has 3 N–H and O–H groups in total. The summed E-state index contributed by atoms with van der Waals surface area (Å²) in [6.45, 7) is 7.26. The van der Waals surface area contributed by atoms with Gasteiger partial charge in [0.2, 0.25) is 0 Å². The van der Waals surface area contributed by atoms with Crippen LogP contribution in [0.5, 0.6) is 0 Å². The van der Waals surface area contributed by atoms with Crippen molar-refractivity contribution in [3.8, 4) is 0 Å². The zero-order valence-corrected chi connectivity index (χ0v) is 10.3. The van der Waals surface area contributed by atoms with Gasteiger partial charge in [-0.2, -0.15) is 0 Å². The minimum atomic E-state index is -0.624. The monoisotopic (exact) mass is 215 g/mol. The van der Waals surface area contributed by atoms with Gasteiger partial charge in [0.25, 0.3) is 0 Å². The van der Waals surface area contributed by atoms with Crippen molar-refractivity contribution in [1.82, 2.24) is 0 Å². The molecule has 15 heavy (non-hydrogen) atoms. The highest BCUT2D eigenvalue weighted by molar-refractivity contribution is 4.92. The third-order valence-electron chi connectivity index (χ3n) is 3.28. The molecule has 0 bridgehead atoms. The molecular weight excluding hydrogens is 190 g/mol. The van der Waals surface area contributed by atoms with E-state index in [4.69, 9.17) is 10.5 Å². The van der Waals surface area contributed by atoms with Gasteiger partial charge in [0, 0.05) is 13.2 Å². The van der Waals surface area contributed by atoms with Crippen molar-refractivity contribution in [2.45, 2.75) is 57.7 Å². The van der Waals surface area contributed by atoms with Crippen LogP contribution in [0.25, 0.3) is 0 Å². The van der Waals surface area contributed by atoms with E-state index >= 15 is 0 Å². The lowest BCUT2D eigenvalue weighted by atomic mass is 9.88. The Kier molecular flexibility index (Phi) is 4.15. The summed E-state index contributed by atoms with van der Waals surface area (Å²) in [5, 5.41) is 10.2. The number of aliphatic hydroxyl groups is 1. The van der Waals surface area contributed by atoms with Crippen molar-refractivity contribution in [3.63, 3.8) is 0 Å². The van der Waals surface area contributed by atoms with Gasteiger partial charge in [0.1, 0.15) is 0 Å². The Bertz CT molecular complexity index is 200. The Balaban J connectivity index is 2.32. The predicted molar refractivity (Wildman–Crippen MR) is 61.7 cm³/mol. The van der Waals surface area contributed by atoms with Crippen LogP contribution < -0.4 is 5.73 Å². The molecular formula is C12H25NO2. The van der Waals surface area contributed by atoms with Gasteiger partial charge in [0.15, 0.2) is 0 Å². The summed E-state index contributed by atoms with van der Waals surface area (Å²) in [6.07, 6.45) is 3.95. The smallest absolute Gasteiger partial charge is 0.0798 e. The van der Waals surface area contributed by atoms with Crippen LogP contribution in [-0.4, -0.2) is 29.5 Å². The normalized spacial score (nSPS) is 32.2. The van der Waals surface area contributed by atoms with E-state index in [-0.39, 0.29) is 5.60 Å². The number of rotatable bonds is 4. The summed E-state index contributed by atoms with van der Waals surface area (Å²) in [4.78, 5) is 0. The van der Waals surface area contributed by atoms with Crippen LogP contribution in [0.2, 0.25) is 0 Å². The van der Waals surface area contributed by atoms with E-state index in [0.29, 0.717) is 12.5 Å². The highest BCUT2D eigenvalue weighted by atomic mass is 16.5. The van der Waals surface area contributed by atoms with Gasteiger partial charge in [-0.25, -0.2) is 0 Å². The fraction of sp³-hybridized carbons (Fsp3) is 1.00. The number of hydrogen-bond donors (Lipinski definition) is 2. The van der Waals surface area contributed by atoms with Crippen LogP contribution in [0, 0.1) is 5.92 Å². The first-order valence-corrected chi connectivity index (χ1v) is 5.94. The molecule has 1 aliphatic rings. The van der Waals surface area contributed by atoms with Gasteiger partial charge in [-0.3, -0.25) is 0 Å². The predicted octanol–water partition coefficient (Wildman–Crippen LogP) is 1.68. The van der Waals surface area contributed by atoms with Crippen molar-refractivity contribution in [2.75, 3.05) is 13.2 Å². The molecule has 3 nitrogen and oxygen atoms in total. The fourth-order valence-electron chi connectivity index (χ4n) is 2.32. The maximum absolute atomic E-state index is 10.2. The fourth-order valence-corrected chi connectivity index (χ4v) is 2.32. The van der Waals surface area contributed by atoms with Gasteiger partial charge in [0.05, 0.1) is 11.2 Å². The zero-order valence-electron chi connectivity index (χ0n) is 10.3. The van der Waals surface area contributed by atoms with Crippen molar-refractivity contribution >= 4 is 0 Å². The average Bonchev–Trinajstić information content (AvgIpc) is 2.47. The Morgan fingerprint density at radius 1 is 1.47 bits per heavy atom. The highest BCUT2D eigenvalue weighted by Gasteiger charge is 2.39. The van der Waals surface area contributed by atoms with Crippen molar-refractivity contribution in [2.24, 2.45) is 11.7 Å². The molecule has 1 fully saturated rings. The minimum absolute atomic E-state index is 0.0839. The van der Waals surface area contributed by atoms with E-state index < -0.39 is 5.60 Å². The van der Waals surface area contributed by atoms with Gasteiger partial charge < -0.3 is 15.6 Å². The van der Waals surface area contributed by atoms with Crippen LogP contribution in [0.3, 0.4) is 0 Å². The number of ether oxygens (including phenoxy) is 1. The number of nitrogens with two attached hydrogens (primary N) is 1. The topological polar surface area (TPSA) is 55.5 Å². The van der Waals surface area contributed by atoms with Crippen LogP contribution >= 0.6 is 0 Å². The van der Waals surface area contributed by atoms with E-state index in [1.807, 2.05) is 0 Å². The first kappa shape index (κ1) is 12.9. The first-order chi connectivity index (χ1) is 6.87. The van der Waals surface area contributed by atoms with Crippen LogP contribution in [0.1, 0.15) is 46.5 Å². The lowest BCUT2D eigenvalue weighted by Crippen LogP contribution is -2.41. The van der Waals surface area contributed by atoms with Gasteiger partial charge in [-0.1, -0.05) is 6.42 Å². The minimum Gasteiger partial charge on any atom is -0.388 e. The Morgan fingerprint density at radius 2 is 2.13 bits per heavy atom. The van der Waals surface area contributed by atoms with Crippen molar-refractivity contribution < 1.29 is 9.84 Å². The molecule has 1 rings (SSSR count). The molecule has 0 aliphatic heterocycles. The van der Waals surface area contributed by atoms with Gasteiger partial charge in [-0.15, -0.1) is 0 Å². The molecule has 0 radical (unpaired) electrons. The summed E-state index contributed by atoms with van der Waals surface area (Å²) < 4.78 is 5.68. The quantitative estimate of drug-likeness (QED) is 0.750.